The van der Waals surface area contributed by atoms with Gasteiger partial charge in [0.1, 0.15) is 5.76 Å². The van der Waals surface area contributed by atoms with Crippen LogP contribution in [0.3, 0.4) is 0 Å². The molecule has 0 bridgehead atoms. The highest BCUT2D eigenvalue weighted by atomic mass is 127. The Balaban J connectivity index is 1.88. The first-order chi connectivity index (χ1) is 7.83. The molecule has 4 nitrogen and oxygen atoms in total. The van der Waals surface area contributed by atoms with Crippen LogP contribution in [0, 0.1) is 3.77 Å². The molecule has 0 unspecified atom stereocenters. The number of rotatable bonds is 9. The van der Waals surface area contributed by atoms with Crippen LogP contribution < -0.4 is 5.32 Å². The second-order valence-corrected chi connectivity index (χ2v) is 4.40. The van der Waals surface area contributed by atoms with Gasteiger partial charge in [-0.25, -0.2) is 0 Å². The van der Waals surface area contributed by atoms with E-state index in [2.05, 4.69) is 27.9 Å². The van der Waals surface area contributed by atoms with E-state index in [1.807, 2.05) is 12.1 Å². The van der Waals surface area contributed by atoms with Crippen molar-refractivity contribution in [1.29, 1.82) is 0 Å². The fraction of sp³-hybridized carbons (Fsp3) is 0.636. The molecule has 5 heteroatoms. The minimum absolute atomic E-state index is 0.665. The zero-order valence-electron chi connectivity index (χ0n) is 9.50. The zero-order valence-corrected chi connectivity index (χ0v) is 11.7. The van der Waals surface area contributed by atoms with Gasteiger partial charge >= 0.3 is 0 Å². The van der Waals surface area contributed by atoms with E-state index in [0.717, 1.165) is 35.6 Å². The summed E-state index contributed by atoms with van der Waals surface area (Å²) < 4.78 is 16.6. The Labute approximate surface area is 110 Å². The Morgan fingerprint density at radius 3 is 2.88 bits per heavy atom. The average molecular weight is 339 g/mol. The van der Waals surface area contributed by atoms with Crippen LogP contribution in [-0.2, 0) is 16.0 Å². The molecule has 1 N–H and O–H groups in total. The number of hydrogen-bond acceptors (Lipinski definition) is 4. The summed E-state index contributed by atoms with van der Waals surface area (Å²) in [4.78, 5) is 0. The number of furan rings is 1. The van der Waals surface area contributed by atoms with Crippen LogP contribution in [-0.4, -0.2) is 33.5 Å². The van der Waals surface area contributed by atoms with E-state index in [1.54, 1.807) is 7.11 Å². The average Bonchev–Trinajstić information content (AvgIpc) is 2.68. The maximum atomic E-state index is 5.42. The van der Waals surface area contributed by atoms with Crippen molar-refractivity contribution in [2.24, 2.45) is 0 Å². The Morgan fingerprint density at radius 2 is 2.19 bits per heavy atom. The minimum atomic E-state index is 0.665. The summed E-state index contributed by atoms with van der Waals surface area (Å²) in [6, 6.07) is 3.95. The van der Waals surface area contributed by atoms with Crippen molar-refractivity contribution in [3.8, 4) is 0 Å². The molecule has 0 saturated heterocycles. The van der Waals surface area contributed by atoms with Gasteiger partial charge in [0.15, 0.2) is 3.77 Å². The van der Waals surface area contributed by atoms with Crippen molar-refractivity contribution >= 4 is 22.6 Å². The van der Waals surface area contributed by atoms with E-state index in [1.165, 1.54) is 0 Å². The summed E-state index contributed by atoms with van der Waals surface area (Å²) in [5.41, 5.74) is 0. The molecule has 0 fully saturated rings. The predicted molar refractivity (Wildman–Crippen MR) is 70.4 cm³/mol. The third-order valence-corrected chi connectivity index (χ3v) is 2.58. The van der Waals surface area contributed by atoms with E-state index in [9.17, 15) is 0 Å². The second kappa shape index (κ2) is 8.98. The highest BCUT2D eigenvalue weighted by Gasteiger charge is 1.97. The van der Waals surface area contributed by atoms with Crippen molar-refractivity contribution in [3.05, 3.63) is 21.7 Å². The van der Waals surface area contributed by atoms with Crippen molar-refractivity contribution < 1.29 is 13.9 Å². The highest BCUT2D eigenvalue weighted by Crippen LogP contribution is 2.09. The molecule has 0 aliphatic carbocycles. The number of hydrogen-bond donors (Lipinski definition) is 1. The summed E-state index contributed by atoms with van der Waals surface area (Å²) in [5.74, 6) is 0.977. The monoisotopic (exact) mass is 339 g/mol. The molecule has 0 radical (unpaired) electrons. The lowest BCUT2D eigenvalue weighted by Gasteiger charge is -2.04. The quantitative estimate of drug-likeness (QED) is 0.552. The topological polar surface area (TPSA) is 43.6 Å². The van der Waals surface area contributed by atoms with Crippen LogP contribution in [0.2, 0.25) is 0 Å². The smallest absolute Gasteiger partial charge is 0.164 e. The standard InChI is InChI=1S/C11H18INO3/c1-14-7-8-15-6-2-5-13-9-10-3-4-11(12)16-10/h3-4,13H,2,5-9H2,1H3. The fourth-order valence-corrected chi connectivity index (χ4v) is 1.66. The van der Waals surface area contributed by atoms with E-state index < -0.39 is 0 Å². The lowest BCUT2D eigenvalue weighted by molar-refractivity contribution is 0.0694. The fourth-order valence-electron chi connectivity index (χ4n) is 1.20. The Morgan fingerprint density at radius 1 is 1.31 bits per heavy atom. The lowest BCUT2D eigenvalue weighted by atomic mass is 10.4. The van der Waals surface area contributed by atoms with Crippen LogP contribution in [0.15, 0.2) is 16.5 Å². The van der Waals surface area contributed by atoms with Gasteiger partial charge in [-0.1, -0.05) is 0 Å². The van der Waals surface area contributed by atoms with Gasteiger partial charge < -0.3 is 19.2 Å². The van der Waals surface area contributed by atoms with E-state index in [-0.39, 0.29) is 0 Å². The summed E-state index contributed by atoms with van der Waals surface area (Å²) in [6.45, 7) is 3.82. The highest BCUT2D eigenvalue weighted by molar-refractivity contribution is 14.1. The molecule has 0 aliphatic rings. The minimum Gasteiger partial charge on any atom is -0.454 e. The summed E-state index contributed by atoms with van der Waals surface area (Å²) in [6.07, 6.45) is 1.00. The van der Waals surface area contributed by atoms with Crippen LogP contribution in [0.4, 0.5) is 0 Å². The first-order valence-electron chi connectivity index (χ1n) is 5.34. The first-order valence-corrected chi connectivity index (χ1v) is 6.42. The van der Waals surface area contributed by atoms with Crippen molar-refractivity contribution in [1.82, 2.24) is 5.32 Å². The summed E-state index contributed by atoms with van der Waals surface area (Å²) in [5, 5.41) is 3.30. The predicted octanol–water partition coefficient (Wildman–Crippen LogP) is 2.03. The molecule has 0 aliphatic heterocycles. The Hall–Kier alpha value is -0.110. The molecule has 1 heterocycles. The van der Waals surface area contributed by atoms with Crippen LogP contribution in [0.5, 0.6) is 0 Å². The van der Waals surface area contributed by atoms with Gasteiger partial charge in [-0.15, -0.1) is 0 Å². The zero-order chi connectivity index (χ0) is 11.6. The maximum Gasteiger partial charge on any atom is 0.164 e. The van der Waals surface area contributed by atoms with Crippen LogP contribution in [0.25, 0.3) is 0 Å². The van der Waals surface area contributed by atoms with Gasteiger partial charge in [0.25, 0.3) is 0 Å². The lowest BCUT2D eigenvalue weighted by Crippen LogP contribution is -2.16. The van der Waals surface area contributed by atoms with Crippen LogP contribution in [0.1, 0.15) is 12.2 Å². The van der Waals surface area contributed by atoms with E-state index in [4.69, 9.17) is 13.9 Å². The van der Waals surface area contributed by atoms with Gasteiger partial charge in [-0.2, -0.15) is 0 Å². The SMILES string of the molecule is COCCOCCCNCc1ccc(I)o1. The molecular formula is C11H18INO3. The maximum absolute atomic E-state index is 5.42. The molecule has 92 valence electrons. The summed E-state index contributed by atoms with van der Waals surface area (Å²) in [7, 11) is 1.68. The molecular weight excluding hydrogens is 321 g/mol. The molecule has 0 amide bonds. The molecule has 0 spiro atoms. The third-order valence-electron chi connectivity index (χ3n) is 2.00. The van der Waals surface area contributed by atoms with Gasteiger partial charge in [0.2, 0.25) is 0 Å². The first kappa shape index (κ1) is 14.0. The van der Waals surface area contributed by atoms with Crippen molar-refractivity contribution in [2.75, 3.05) is 33.5 Å². The molecule has 0 saturated carbocycles. The number of nitrogens with one attached hydrogen (secondary N) is 1. The Kier molecular flexibility index (Phi) is 7.83. The number of methoxy groups -OCH3 is 1. The number of halogens is 1. The molecule has 1 aromatic rings. The van der Waals surface area contributed by atoms with Gasteiger partial charge in [0, 0.05) is 13.7 Å². The van der Waals surface area contributed by atoms with E-state index >= 15 is 0 Å². The Bertz CT molecular complexity index is 278. The van der Waals surface area contributed by atoms with Crippen molar-refractivity contribution in [2.45, 2.75) is 13.0 Å². The molecule has 0 aromatic carbocycles. The van der Waals surface area contributed by atoms with Crippen molar-refractivity contribution in [3.63, 3.8) is 0 Å². The third kappa shape index (κ3) is 6.47. The number of ether oxygens (including phenoxy) is 2. The molecule has 16 heavy (non-hydrogen) atoms. The van der Waals surface area contributed by atoms with Gasteiger partial charge in [-0.05, 0) is 47.7 Å². The van der Waals surface area contributed by atoms with Gasteiger partial charge in [-0.3, -0.25) is 0 Å². The molecule has 0 atom stereocenters. The van der Waals surface area contributed by atoms with Crippen LogP contribution >= 0.6 is 22.6 Å². The second-order valence-electron chi connectivity index (χ2n) is 3.34. The van der Waals surface area contributed by atoms with E-state index in [0.29, 0.717) is 13.2 Å². The molecule has 1 aromatic heterocycles. The molecule has 1 rings (SSSR count). The normalized spacial score (nSPS) is 10.9. The summed E-state index contributed by atoms with van der Waals surface area (Å²) >= 11 is 2.16. The largest absolute Gasteiger partial charge is 0.454 e. The van der Waals surface area contributed by atoms with Gasteiger partial charge in [0.05, 0.1) is 19.8 Å².